The third-order valence-corrected chi connectivity index (χ3v) is 3.12. The van der Waals surface area contributed by atoms with Crippen LogP contribution in [0.2, 0.25) is 0 Å². The number of hydrogen-bond acceptors (Lipinski definition) is 3. The van der Waals surface area contributed by atoms with E-state index in [1.54, 1.807) is 14.2 Å². The van der Waals surface area contributed by atoms with Crippen molar-refractivity contribution in [2.75, 3.05) is 14.2 Å². The number of rotatable bonds is 5. The van der Waals surface area contributed by atoms with E-state index in [9.17, 15) is 4.79 Å². The number of hydrogen-bond donors (Lipinski definition) is 0. The van der Waals surface area contributed by atoms with Gasteiger partial charge in [0.25, 0.3) is 0 Å². The summed E-state index contributed by atoms with van der Waals surface area (Å²) in [6, 6.07) is 3.69. The van der Waals surface area contributed by atoms with Crippen molar-refractivity contribution in [3.63, 3.8) is 0 Å². The smallest absolute Gasteiger partial charge is 0.127 e. The summed E-state index contributed by atoms with van der Waals surface area (Å²) in [5.74, 6) is 1.58. The SMILES string of the molecule is COc1cc(Br)c(C(C)CC=O)c(OC)c1. The number of aldehydes is 1. The molecule has 0 fully saturated rings. The van der Waals surface area contributed by atoms with Gasteiger partial charge in [-0.2, -0.15) is 0 Å². The van der Waals surface area contributed by atoms with E-state index in [2.05, 4.69) is 15.9 Å². The molecule has 0 amide bonds. The number of carbonyl (C=O) groups excluding carboxylic acids is 1. The number of halogens is 1. The summed E-state index contributed by atoms with van der Waals surface area (Å²) in [5, 5.41) is 0. The number of carbonyl (C=O) groups is 1. The van der Waals surface area contributed by atoms with Crippen LogP contribution in [-0.4, -0.2) is 20.5 Å². The van der Waals surface area contributed by atoms with Gasteiger partial charge in [-0.1, -0.05) is 22.9 Å². The van der Waals surface area contributed by atoms with Crippen molar-refractivity contribution in [2.24, 2.45) is 0 Å². The van der Waals surface area contributed by atoms with E-state index in [-0.39, 0.29) is 5.92 Å². The van der Waals surface area contributed by atoms with E-state index < -0.39 is 0 Å². The summed E-state index contributed by atoms with van der Waals surface area (Å²) in [6.07, 6.45) is 1.39. The van der Waals surface area contributed by atoms with E-state index >= 15 is 0 Å². The molecule has 0 aliphatic rings. The maximum absolute atomic E-state index is 10.5. The van der Waals surface area contributed by atoms with Gasteiger partial charge in [0, 0.05) is 22.5 Å². The molecule has 4 heteroatoms. The van der Waals surface area contributed by atoms with Crippen LogP contribution in [0, 0.1) is 0 Å². The van der Waals surface area contributed by atoms with E-state index in [0.29, 0.717) is 6.42 Å². The van der Waals surface area contributed by atoms with Crippen LogP contribution in [0.3, 0.4) is 0 Å². The maximum atomic E-state index is 10.5. The zero-order valence-corrected chi connectivity index (χ0v) is 11.2. The van der Waals surface area contributed by atoms with E-state index in [1.807, 2.05) is 19.1 Å². The fourth-order valence-corrected chi connectivity index (χ4v) is 2.41. The first-order valence-electron chi connectivity index (χ1n) is 4.99. The summed E-state index contributed by atoms with van der Waals surface area (Å²) >= 11 is 3.47. The fourth-order valence-electron chi connectivity index (χ4n) is 1.60. The third-order valence-electron chi connectivity index (χ3n) is 2.46. The summed E-state index contributed by atoms with van der Waals surface area (Å²) in [5.41, 5.74) is 0.996. The van der Waals surface area contributed by atoms with Crippen LogP contribution in [-0.2, 0) is 4.79 Å². The molecule has 0 N–H and O–H groups in total. The van der Waals surface area contributed by atoms with Crippen LogP contribution in [0.15, 0.2) is 16.6 Å². The predicted molar refractivity (Wildman–Crippen MR) is 66.3 cm³/mol. The van der Waals surface area contributed by atoms with Crippen molar-refractivity contribution in [3.8, 4) is 11.5 Å². The average Bonchev–Trinajstić information content (AvgIpc) is 2.27. The summed E-state index contributed by atoms with van der Waals surface area (Å²) < 4.78 is 11.4. The van der Waals surface area contributed by atoms with Crippen molar-refractivity contribution in [1.82, 2.24) is 0 Å². The number of ether oxygens (including phenoxy) is 2. The second kappa shape index (κ2) is 5.89. The van der Waals surface area contributed by atoms with E-state index in [4.69, 9.17) is 9.47 Å². The molecule has 0 spiro atoms. The molecule has 0 heterocycles. The van der Waals surface area contributed by atoms with Crippen LogP contribution >= 0.6 is 15.9 Å². The Labute approximate surface area is 104 Å². The molecular weight excluding hydrogens is 272 g/mol. The molecule has 0 aromatic heterocycles. The van der Waals surface area contributed by atoms with Gasteiger partial charge in [0.2, 0.25) is 0 Å². The molecule has 1 aromatic rings. The number of benzene rings is 1. The molecule has 0 saturated heterocycles. The van der Waals surface area contributed by atoms with Crippen molar-refractivity contribution in [3.05, 3.63) is 22.2 Å². The van der Waals surface area contributed by atoms with Crippen LogP contribution in [0.4, 0.5) is 0 Å². The van der Waals surface area contributed by atoms with Crippen molar-refractivity contribution in [2.45, 2.75) is 19.3 Å². The summed E-state index contributed by atoms with van der Waals surface area (Å²) in [7, 11) is 3.22. The lowest BCUT2D eigenvalue weighted by Crippen LogP contribution is -2.00. The monoisotopic (exact) mass is 286 g/mol. The fraction of sp³-hybridized carbons (Fsp3) is 0.417. The second-order valence-electron chi connectivity index (χ2n) is 3.53. The molecule has 3 nitrogen and oxygen atoms in total. The Balaban J connectivity index is 3.20. The molecule has 1 aromatic carbocycles. The lowest BCUT2D eigenvalue weighted by atomic mass is 9.97. The molecular formula is C12H15BrO3. The van der Waals surface area contributed by atoms with Gasteiger partial charge in [-0.15, -0.1) is 0 Å². The van der Waals surface area contributed by atoms with Crippen molar-refractivity contribution in [1.29, 1.82) is 0 Å². The minimum atomic E-state index is 0.118. The standard InChI is InChI=1S/C12H15BrO3/c1-8(4-5-14)12-10(13)6-9(15-2)7-11(12)16-3/h5-8H,4H2,1-3H3. The number of methoxy groups -OCH3 is 2. The lowest BCUT2D eigenvalue weighted by Gasteiger charge is -2.16. The molecule has 0 radical (unpaired) electrons. The first-order chi connectivity index (χ1) is 7.63. The Bertz CT molecular complexity index is 377. The third kappa shape index (κ3) is 2.76. The Hall–Kier alpha value is -1.03. The Morgan fingerprint density at radius 1 is 1.38 bits per heavy atom. The summed E-state index contributed by atoms with van der Waals surface area (Å²) in [4.78, 5) is 10.5. The molecule has 1 rings (SSSR count). The Kier molecular flexibility index (Phi) is 4.80. The van der Waals surface area contributed by atoms with Crippen LogP contribution < -0.4 is 9.47 Å². The van der Waals surface area contributed by atoms with Crippen LogP contribution in [0.25, 0.3) is 0 Å². The van der Waals surface area contributed by atoms with Gasteiger partial charge >= 0.3 is 0 Å². The highest BCUT2D eigenvalue weighted by Gasteiger charge is 2.16. The Morgan fingerprint density at radius 3 is 2.56 bits per heavy atom. The van der Waals surface area contributed by atoms with Crippen LogP contribution in [0.1, 0.15) is 24.8 Å². The minimum absolute atomic E-state index is 0.118. The molecule has 0 saturated carbocycles. The van der Waals surface area contributed by atoms with E-state index in [0.717, 1.165) is 27.8 Å². The first-order valence-corrected chi connectivity index (χ1v) is 5.78. The molecule has 16 heavy (non-hydrogen) atoms. The molecule has 0 aliphatic carbocycles. The zero-order valence-electron chi connectivity index (χ0n) is 9.62. The van der Waals surface area contributed by atoms with Crippen molar-refractivity contribution < 1.29 is 14.3 Å². The van der Waals surface area contributed by atoms with Gasteiger partial charge in [-0.3, -0.25) is 0 Å². The highest BCUT2D eigenvalue weighted by molar-refractivity contribution is 9.10. The highest BCUT2D eigenvalue weighted by Crippen LogP contribution is 2.38. The van der Waals surface area contributed by atoms with Gasteiger partial charge in [0.1, 0.15) is 17.8 Å². The average molecular weight is 287 g/mol. The van der Waals surface area contributed by atoms with Crippen molar-refractivity contribution >= 4 is 22.2 Å². The summed E-state index contributed by atoms with van der Waals surface area (Å²) in [6.45, 7) is 1.99. The highest BCUT2D eigenvalue weighted by atomic mass is 79.9. The largest absolute Gasteiger partial charge is 0.497 e. The zero-order chi connectivity index (χ0) is 12.1. The topological polar surface area (TPSA) is 35.5 Å². The van der Waals surface area contributed by atoms with E-state index in [1.165, 1.54) is 0 Å². The molecule has 0 bridgehead atoms. The Morgan fingerprint density at radius 2 is 2.06 bits per heavy atom. The van der Waals surface area contributed by atoms with Gasteiger partial charge in [0.15, 0.2) is 0 Å². The first kappa shape index (κ1) is 13.0. The van der Waals surface area contributed by atoms with Gasteiger partial charge in [0.05, 0.1) is 14.2 Å². The molecule has 88 valence electrons. The second-order valence-corrected chi connectivity index (χ2v) is 4.38. The van der Waals surface area contributed by atoms with Gasteiger partial charge in [-0.05, 0) is 12.0 Å². The van der Waals surface area contributed by atoms with Gasteiger partial charge in [-0.25, -0.2) is 0 Å². The minimum Gasteiger partial charge on any atom is -0.497 e. The molecule has 1 atom stereocenters. The normalized spacial score (nSPS) is 12.0. The maximum Gasteiger partial charge on any atom is 0.127 e. The predicted octanol–water partition coefficient (Wildman–Crippen LogP) is 3.16. The van der Waals surface area contributed by atoms with Crippen LogP contribution in [0.5, 0.6) is 11.5 Å². The molecule has 1 unspecified atom stereocenters. The quantitative estimate of drug-likeness (QED) is 0.780. The lowest BCUT2D eigenvalue weighted by molar-refractivity contribution is -0.108. The van der Waals surface area contributed by atoms with Gasteiger partial charge < -0.3 is 14.3 Å². The molecule has 0 aliphatic heterocycles.